The summed E-state index contributed by atoms with van der Waals surface area (Å²) in [7, 11) is 0. The van der Waals surface area contributed by atoms with Crippen molar-refractivity contribution >= 4 is 39.2 Å². The number of aromatic nitrogens is 1. The molecule has 1 aliphatic heterocycles. The summed E-state index contributed by atoms with van der Waals surface area (Å²) < 4.78 is 0.987. The zero-order valence-corrected chi connectivity index (χ0v) is 21.3. The van der Waals surface area contributed by atoms with Crippen molar-refractivity contribution in [1.82, 2.24) is 15.2 Å². The molecule has 0 spiro atoms. The predicted molar refractivity (Wildman–Crippen MR) is 143 cm³/mol. The zero-order chi connectivity index (χ0) is 25.3. The van der Waals surface area contributed by atoms with Gasteiger partial charge in [-0.25, -0.2) is 4.98 Å². The molecule has 1 aromatic heterocycles. The Morgan fingerprint density at radius 2 is 1.86 bits per heavy atom. The third-order valence-corrected chi connectivity index (χ3v) is 7.85. The highest BCUT2D eigenvalue weighted by Gasteiger charge is 2.29. The summed E-state index contributed by atoms with van der Waals surface area (Å²) in [5, 5.41) is 3.50. The molecule has 3 N–H and O–H groups in total. The molecule has 0 radical (unpaired) electrons. The van der Waals surface area contributed by atoms with E-state index in [1.54, 1.807) is 0 Å². The molecule has 2 atom stereocenters. The van der Waals surface area contributed by atoms with E-state index in [2.05, 4.69) is 10.3 Å². The lowest BCUT2D eigenvalue weighted by Gasteiger charge is -2.32. The van der Waals surface area contributed by atoms with E-state index in [0.29, 0.717) is 56.9 Å². The number of carbonyl (C=O) groups is 3. The van der Waals surface area contributed by atoms with Gasteiger partial charge < -0.3 is 16.0 Å². The summed E-state index contributed by atoms with van der Waals surface area (Å²) in [6, 6.07) is 17.7. The summed E-state index contributed by atoms with van der Waals surface area (Å²) in [5.74, 6) is -0.454. The molecule has 1 saturated heterocycles. The van der Waals surface area contributed by atoms with Crippen LogP contribution in [0.2, 0.25) is 0 Å². The van der Waals surface area contributed by atoms with Crippen LogP contribution in [0.15, 0.2) is 54.6 Å². The smallest absolute Gasteiger partial charge is 0.224 e. The van der Waals surface area contributed by atoms with Gasteiger partial charge in [0.2, 0.25) is 11.8 Å². The monoisotopic (exact) mass is 506 g/mol. The van der Waals surface area contributed by atoms with Crippen molar-refractivity contribution in [3.05, 3.63) is 65.2 Å². The van der Waals surface area contributed by atoms with Crippen LogP contribution in [-0.2, 0) is 16.0 Å². The first-order valence-electron chi connectivity index (χ1n) is 12.7. The zero-order valence-electron chi connectivity index (χ0n) is 20.5. The Labute approximate surface area is 216 Å². The number of thiazole rings is 1. The first-order chi connectivity index (χ1) is 17.5. The summed E-state index contributed by atoms with van der Waals surface area (Å²) in [5.41, 5.74) is 7.75. The van der Waals surface area contributed by atoms with E-state index in [4.69, 9.17) is 5.73 Å². The highest BCUT2D eigenvalue weighted by Crippen LogP contribution is 2.25. The molecule has 2 aromatic carbocycles. The molecule has 190 valence electrons. The van der Waals surface area contributed by atoms with Crippen LogP contribution in [0.25, 0.3) is 10.2 Å². The standard InChI is InChI=1S/C28H34N4O3S/c29-16-14-21(26(34)28-31-23-10-4-5-11-24(23)36-28)15-17-30-27(35)22-9-6-18-32(19-22)25(33)13-12-20-7-2-1-3-8-20/h1-5,7-8,10-11,21-22H,6,9,12-19,29H2,(H,30,35). The fourth-order valence-electron chi connectivity index (χ4n) is 4.75. The molecule has 36 heavy (non-hydrogen) atoms. The van der Waals surface area contributed by atoms with E-state index in [1.165, 1.54) is 11.3 Å². The van der Waals surface area contributed by atoms with Crippen LogP contribution >= 0.6 is 11.3 Å². The maximum absolute atomic E-state index is 13.1. The maximum Gasteiger partial charge on any atom is 0.224 e. The number of rotatable bonds is 11. The van der Waals surface area contributed by atoms with Crippen LogP contribution in [0, 0.1) is 11.8 Å². The second kappa shape index (κ2) is 12.7. The van der Waals surface area contributed by atoms with Crippen molar-refractivity contribution in [3.8, 4) is 0 Å². The minimum Gasteiger partial charge on any atom is -0.356 e. The topological polar surface area (TPSA) is 105 Å². The molecule has 7 nitrogen and oxygen atoms in total. The lowest BCUT2D eigenvalue weighted by Crippen LogP contribution is -2.45. The number of nitrogens with one attached hydrogen (secondary N) is 1. The Balaban J connectivity index is 1.26. The van der Waals surface area contributed by atoms with E-state index in [1.807, 2.05) is 59.5 Å². The number of amides is 2. The van der Waals surface area contributed by atoms with Gasteiger partial charge in [0.25, 0.3) is 0 Å². The number of carbonyl (C=O) groups excluding carboxylic acids is 3. The fourth-order valence-corrected chi connectivity index (χ4v) is 5.73. The van der Waals surface area contributed by atoms with Gasteiger partial charge in [0.15, 0.2) is 10.8 Å². The predicted octanol–water partition coefficient (Wildman–Crippen LogP) is 3.82. The van der Waals surface area contributed by atoms with E-state index in [9.17, 15) is 14.4 Å². The number of ketones is 1. The quantitative estimate of drug-likeness (QED) is 0.385. The first-order valence-corrected chi connectivity index (χ1v) is 13.6. The number of hydrogen-bond acceptors (Lipinski definition) is 6. The molecular weight excluding hydrogens is 472 g/mol. The number of aryl methyl sites for hydroxylation is 1. The van der Waals surface area contributed by atoms with Crippen LogP contribution in [0.3, 0.4) is 0 Å². The third kappa shape index (κ3) is 6.77. The average molecular weight is 507 g/mol. The summed E-state index contributed by atoms with van der Waals surface area (Å²) in [6.45, 7) is 1.96. The Hall–Kier alpha value is -3.10. The van der Waals surface area contributed by atoms with Crippen LogP contribution in [0.5, 0.6) is 0 Å². The molecule has 0 saturated carbocycles. The van der Waals surface area contributed by atoms with Crippen LogP contribution < -0.4 is 11.1 Å². The van der Waals surface area contributed by atoms with Crippen molar-refractivity contribution in [2.24, 2.45) is 17.6 Å². The Morgan fingerprint density at radius 3 is 2.64 bits per heavy atom. The maximum atomic E-state index is 13.1. The number of piperidine rings is 1. The highest BCUT2D eigenvalue weighted by molar-refractivity contribution is 7.20. The van der Waals surface area contributed by atoms with Crippen molar-refractivity contribution in [2.75, 3.05) is 26.2 Å². The molecule has 8 heteroatoms. The van der Waals surface area contributed by atoms with Gasteiger partial charge in [-0.15, -0.1) is 11.3 Å². The second-order valence-electron chi connectivity index (χ2n) is 9.37. The number of hydrogen-bond donors (Lipinski definition) is 2. The normalized spacial score (nSPS) is 16.6. The number of likely N-dealkylation sites (tertiary alicyclic amines) is 1. The van der Waals surface area contributed by atoms with Crippen molar-refractivity contribution in [2.45, 2.75) is 38.5 Å². The molecule has 2 unspecified atom stereocenters. The molecule has 4 rings (SSSR count). The van der Waals surface area contributed by atoms with Gasteiger partial charge in [0, 0.05) is 32.0 Å². The Kier molecular flexibility index (Phi) is 9.19. The van der Waals surface area contributed by atoms with Gasteiger partial charge in [0.05, 0.1) is 16.1 Å². The van der Waals surface area contributed by atoms with E-state index in [-0.39, 0.29) is 29.4 Å². The summed E-state index contributed by atoms with van der Waals surface area (Å²) >= 11 is 1.40. The van der Waals surface area contributed by atoms with Crippen molar-refractivity contribution < 1.29 is 14.4 Å². The summed E-state index contributed by atoms with van der Waals surface area (Å²) in [4.78, 5) is 45.0. The highest BCUT2D eigenvalue weighted by atomic mass is 32.1. The SMILES string of the molecule is NCCC(CCNC(=O)C1CCCN(C(=O)CCc2ccccc2)C1)C(=O)c1nc2ccccc2s1. The van der Waals surface area contributed by atoms with Crippen LogP contribution in [0.4, 0.5) is 0 Å². The minimum absolute atomic E-state index is 0.0104. The molecule has 0 aliphatic carbocycles. The second-order valence-corrected chi connectivity index (χ2v) is 10.4. The molecular formula is C28H34N4O3S. The molecule has 2 amide bonds. The van der Waals surface area contributed by atoms with Gasteiger partial charge >= 0.3 is 0 Å². The third-order valence-electron chi connectivity index (χ3n) is 6.80. The Morgan fingerprint density at radius 1 is 1.08 bits per heavy atom. The first kappa shape index (κ1) is 26.0. The van der Waals surface area contributed by atoms with E-state index < -0.39 is 0 Å². The minimum atomic E-state index is -0.279. The van der Waals surface area contributed by atoms with Crippen LogP contribution in [0.1, 0.15) is 47.5 Å². The van der Waals surface area contributed by atoms with E-state index in [0.717, 1.165) is 28.6 Å². The van der Waals surface area contributed by atoms with Crippen molar-refractivity contribution in [1.29, 1.82) is 0 Å². The number of benzene rings is 2. The molecule has 2 heterocycles. The van der Waals surface area contributed by atoms with Gasteiger partial charge in [-0.3, -0.25) is 14.4 Å². The molecule has 0 bridgehead atoms. The number of nitrogens with zero attached hydrogens (tertiary/aromatic N) is 2. The van der Waals surface area contributed by atoms with Gasteiger partial charge in [-0.05, 0) is 56.3 Å². The number of Topliss-reactive ketones (excluding diaryl/α,β-unsaturated/α-hetero) is 1. The molecule has 3 aromatic rings. The van der Waals surface area contributed by atoms with Crippen molar-refractivity contribution in [3.63, 3.8) is 0 Å². The number of fused-ring (bicyclic) bond motifs is 1. The average Bonchev–Trinajstić information content (AvgIpc) is 3.36. The fraction of sp³-hybridized carbons (Fsp3) is 0.429. The van der Waals surface area contributed by atoms with E-state index >= 15 is 0 Å². The summed E-state index contributed by atoms with van der Waals surface area (Å²) in [6.07, 6.45) is 3.82. The van der Waals surface area contributed by atoms with Gasteiger partial charge in [-0.1, -0.05) is 42.5 Å². The lowest BCUT2D eigenvalue weighted by molar-refractivity contribution is -0.135. The number of para-hydroxylation sites is 1. The number of nitrogens with two attached hydrogens (primary N) is 1. The Bertz CT molecular complexity index is 1150. The van der Waals surface area contributed by atoms with Gasteiger partial charge in [0.1, 0.15) is 0 Å². The largest absolute Gasteiger partial charge is 0.356 e. The van der Waals surface area contributed by atoms with Crippen LogP contribution in [-0.4, -0.2) is 53.7 Å². The molecule has 1 fully saturated rings. The van der Waals surface area contributed by atoms with Gasteiger partial charge in [-0.2, -0.15) is 0 Å². The lowest BCUT2D eigenvalue weighted by atomic mass is 9.95. The molecule has 1 aliphatic rings.